The molecular formula is C22H34N2O3. The van der Waals surface area contributed by atoms with Gasteiger partial charge in [0.15, 0.2) is 0 Å². The van der Waals surface area contributed by atoms with Gasteiger partial charge in [-0.05, 0) is 63.7 Å². The molecule has 150 valence electrons. The number of rotatable bonds is 8. The zero-order valence-electron chi connectivity index (χ0n) is 16.6. The van der Waals surface area contributed by atoms with E-state index in [4.69, 9.17) is 9.47 Å². The van der Waals surface area contributed by atoms with Gasteiger partial charge in [-0.3, -0.25) is 10.2 Å². The summed E-state index contributed by atoms with van der Waals surface area (Å²) in [7, 11) is 0. The van der Waals surface area contributed by atoms with Gasteiger partial charge in [-0.2, -0.15) is 0 Å². The van der Waals surface area contributed by atoms with Crippen LogP contribution >= 0.6 is 0 Å². The van der Waals surface area contributed by atoms with Gasteiger partial charge in [-0.25, -0.2) is 4.79 Å². The monoisotopic (exact) mass is 374 g/mol. The second-order valence-electron chi connectivity index (χ2n) is 7.75. The van der Waals surface area contributed by atoms with Crippen LogP contribution in [0.15, 0.2) is 24.3 Å². The molecule has 0 aromatic heterocycles. The Morgan fingerprint density at radius 3 is 2.81 bits per heavy atom. The minimum absolute atomic E-state index is 0.0107. The first-order valence-electron chi connectivity index (χ1n) is 10.7. The van der Waals surface area contributed by atoms with Crippen molar-refractivity contribution >= 4 is 11.8 Å². The number of piperidine rings is 1. The molecule has 1 saturated heterocycles. The van der Waals surface area contributed by atoms with Crippen LogP contribution < -0.4 is 10.1 Å². The number of benzene rings is 1. The van der Waals surface area contributed by atoms with Gasteiger partial charge in [-0.1, -0.05) is 32.3 Å². The number of unbranched alkanes of at least 4 members (excludes halogenated alkanes) is 2. The van der Waals surface area contributed by atoms with Gasteiger partial charge in [0, 0.05) is 17.8 Å². The molecule has 0 bridgehead atoms. The summed E-state index contributed by atoms with van der Waals surface area (Å²) >= 11 is 0. The van der Waals surface area contributed by atoms with Crippen LogP contribution in [0, 0.1) is 0 Å². The lowest BCUT2D eigenvalue weighted by Gasteiger charge is -2.35. The lowest BCUT2D eigenvalue weighted by molar-refractivity contribution is 0.0426. The van der Waals surface area contributed by atoms with E-state index in [0.29, 0.717) is 12.6 Å². The molecule has 2 fully saturated rings. The summed E-state index contributed by atoms with van der Waals surface area (Å²) in [5.74, 6) is 0.788. The summed E-state index contributed by atoms with van der Waals surface area (Å²) in [6.07, 6.45) is 10.2. The summed E-state index contributed by atoms with van der Waals surface area (Å²) in [4.78, 5) is 14.9. The number of likely N-dealkylation sites (tertiary alicyclic amines) is 1. The molecule has 1 heterocycles. The third-order valence-electron chi connectivity index (χ3n) is 5.63. The van der Waals surface area contributed by atoms with Crippen molar-refractivity contribution < 1.29 is 14.3 Å². The minimum Gasteiger partial charge on any atom is -0.494 e. The average molecular weight is 375 g/mol. The van der Waals surface area contributed by atoms with E-state index in [9.17, 15) is 4.79 Å². The first-order valence-corrected chi connectivity index (χ1v) is 10.7. The number of amides is 1. The maximum Gasteiger partial charge on any atom is 0.411 e. The van der Waals surface area contributed by atoms with Crippen molar-refractivity contribution in [3.05, 3.63) is 24.3 Å². The zero-order valence-corrected chi connectivity index (χ0v) is 16.6. The highest BCUT2D eigenvalue weighted by Crippen LogP contribution is 2.29. The van der Waals surface area contributed by atoms with Gasteiger partial charge in [0.2, 0.25) is 0 Å². The van der Waals surface area contributed by atoms with Gasteiger partial charge in [0.05, 0.1) is 6.61 Å². The molecule has 2 unspecified atom stereocenters. The molecule has 2 atom stereocenters. The highest BCUT2D eigenvalue weighted by Gasteiger charge is 2.35. The van der Waals surface area contributed by atoms with E-state index in [1.807, 2.05) is 24.3 Å². The normalized spacial score (nSPS) is 23.1. The number of carbonyl (C=O) groups excluding carboxylic acids is 1. The molecule has 1 N–H and O–H groups in total. The van der Waals surface area contributed by atoms with Gasteiger partial charge < -0.3 is 9.47 Å². The van der Waals surface area contributed by atoms with E-state index in [-0.39, 0.29) is 12.2 Å². The number of carbonyl (C=O) groups is 1. The van der Waals surface area contributed by atoms with E-state index in [2.05, 4.69) is 17.1 Å². The fraction of sp³-hybridized carbons (Fsp3) is 0.682. The standard InChI is InChI=1S/C22H34N2O3/c1-2-3-7-16-26-19-11-8-10-18(17-19)23-22(25)27-21-13-9-12-20(21)24-14-5-4-6-15-24/h8,10-11,17,20-21H,2-7,9,12-16H2,1H3,(H,23,25). The Morgan fingerprint density at radius 2 is 2.00 bits per heavy atom. The summed E-state index contributed by atoms with van der Waals surface area (Å²) < 4.78 is 11.6. The number of ether oxygens (including phenoxy) is 2. The van der Waals surface area contributed by atoms with E-state index in [0.717, 1.165) is 50.2 Å². The maximum absolute atomic E-state index is 12.4. The Bertz CT molecular complexity index is 587. The van der Waals surface area contributed by atoms with Crippen LogP contribution in [-0.2, 0) is 4.74 Å². The zero-order chi connectivity index (χ0) is 18.9. The smallest absolute Gasteiger partial charge is 0.411 e. The first kappa shape index (κ1) is 20.0. The molecule has 0 radical (unpaired) electrons. The SMILES string of the molecule is CCCCCOc1cccc(NC(=O)OC2CCCC2N2CCCCC2)c1. The Hall–Kier alpha value is -1.75. The molecule has 2 aliphatic rings. The molecule has 3 rings (SSSR count). The van der Waals surface area contributed by atoms with Crippen molar-refractivity contribution in [3.63, 3.8) is 0 Å². The molecular weight excluding hydrogens is 340 g/mol. The number of anilines is 1. The van der Waals surface area contributed by atoms with E-state index in [1.54, 1.807) is 0 Å². The first-order chi connectivity index (χ1) is 13.3. The Kier molecular flexibility index (Phi) is 7.81. The second kappa shape index (κ2) is 10.5. The highest BCUT2D eigenvalue weighted by molar-refractivity contribution is 5.85. The van der Waals surface area contributed by atoms with Crippen LogP contribution in [0.2, 0.25) is 0 Å². The van der Waals surface area contributed by atoms with Gasteiger partial charge in [0.1, 0.15) is 11.9 Å². The summed E-state index contributed by atoms with van der Waals surface area (Å²) in [5.41, 5.74) is 0.723. The molecule has 27 heavy (non-hydrogen) atoms. The molecule has 0 spiro atoms. The predicted octanol–water partition coefficient (Wildman–Crippen LogP) is 5.21. The van der Waals surface area contributed by atoms with E-state index >= 15 is 0 Å². The van der Waals surface area contributed by atoms with E-state index < -0.39 is 0 Å². The molecule has 5 nitrogen and oxygen atoms in total. The number of nitrogens with zero attached hydrogens (tertiary/aromatic N) is 1. The second-order valence-corrected chi connectivity index (χ2v) is 7.75. The summed E-state index contributed by atoms with van der Waals surface area (Å²) in [6.45, 7) is 5.17. The molecule has 1 aromatic carbocycles. The average Bonchev–Trinajstić information content (AvgIpc) is 3.14. The van der Waals surface area contributed by atoms with Crippen LogP contribution in [0.4, 0.5) is 10.5 Å². The number of nitrogens with one attached hydrogen (secondary N) is 1. The Labute approximate surface area is 163 Å². The van der Waals surface area contributed by atoms with Crippen molar-refractivity contribution in [2.75, 3.05) is 25.0 Å². The van der Waals surface area contributed by atoms with Crippen molar-refractivity contribution in [1.29, 1.82) is 0 Å². The molecule has 5 heteroatoms. The van der Waals surface area contributed by atoms with Crippen molar-refractivity contribution in [2.24, 2.45) is 0 Å². The number of hydrogen-bond donors (Lipinski definition) is 1. The fourth-order valence-electron chi connectivity index (χ4n) is 4.20. The quantitative estimate of drug-likeness (QED) is 0.635. The summed E-state index contributed by atoms with van der Waals surface area (Å²) in [6, 6.07) is 7.95. The largest absolute Gasteiger partial charge is 0.494 e. The lowest BCUT2D eigenvalue weighted by Crippen LogP contribution is -2.45. The van der Waals surface area contributed by atoms with Crippen molar-refractivity contribution in [2.45, 2.75) is 76.9 Å². The molecule has 1 saturated carbocycles. The molecule has 1 aliphatic heterocycles. The van der Waals surface area contributed by atoms with Gasteiger partial charge in [0.25, 0.3) is 0 Å². The Morgan fingerprint density at radius 1 is 1.15 bits per heavy atom. The maximum atomic E-state index is 12.4. The van der Waals surface area contributed by atoms with Crippen LogP contribution in [0.5, 0.6) is 5.75 Å². The summed E-state index contributed by atoms with van der Waals surface area (Å²) in [5, 5.41) is 2.87. The van der Waals surface area contributed by atoms with Crippen LogP contribution in [0.1, 0.15) is 64.7 Å². The van der Waals surface area contributed by atoms with Crippen molar-refractivity contribution in [1.82, 2.24) is 4.90 Å². The van der Waals surface area contributed by atoms with Crippen LogP contribution in [0.25, 0.3) is 0 Å². The third kappa shape index (κ3) is 6.13. The van der Waals surface area contributed by atoms with Crippen LogP contribution in [-0.4, -0.2) is 42.8 Å². The van der Waals surface area contributed by atoms with E-state index in [1.165, 1.54) is 32.1 Å². The minimum atomic E-state index is -0.355. The molecule has 1 aliphatic carbocycles. The molecule has 1 amide bonds. The van der Waals surface area contributed by atoms with Crippen molar-refractivity contribution in [3.8, 4) is 5.75 Å². The highest BCUT2D eigenvalue weighted by atomic mass is 16.6. The lowest BCUT2D eigenvalue weighted by atomic mass is 10.1. The molecule has 1 aromatic rings. The number of hydrogen-bond acceptors (Lipinski definition) is 4. The predicted molar refractivity (Wildman–Crippen MR) is 108 cm³/mol. The third-order valence-corrected chi connectivity index (χ3v) is 5.63. The Balaban J connectivity index is 1.48. The van der Waals surface area contributed by atoms with Gasteiger partial charge in [-0.15, -0.1) is 0 Å². The fourth-order valence-corrected chi connectivity index (χ4v) is 4.20. The topological polar surface area (TPSA) is 50.8 Å². The van der Waals surface area contributed by atoms with Crippen LogP contribution in [0.3, 0.4) is 0 Å². The van der Waals surface area contributed by atoms with Gasteiger partial charge >= 0.3 is 6.09 Å².